The number of aliphatic hydroxyl groups is 2. The third-order valence-corrected chi connectivity index (χ3v) is 6.54. The summed E-state index contributed by atoms with van der Waals surface area (Å²) in [5, 5.41) is 20.7. The van der Waals surface area contributed by atoms with Crippen molar-refractivity contribution in [3.05, 3.63) is 94.8 Å². The minimum absolute atomic E-state index is 0.0687. The lowest BCUT2D eigenvalue weighted by Crippen LogP contribution is -2.52. The molecule has 1 aliphatic heterocycles. The molecule has 180 valence electrons. The molecule has 1 fully saturated rings. The maximum Gasteiger partial charge on any atom is 0.123 e. The zero-order chi connectivity index (χ0) is 24.1. The molecule has 34 heavy (non-hydrogen) atoms. The molecule has 0 amide bonds. The summed E-state index contributed by atoms with van der Waals surface area (Å²) < 4.78 is 19.1. The van der Waals surface area contributed by atoms with Gasteiger partial charge >= 0.3 is 0 Å². The lowest BCUT2D eigenvalue weighted by Gasteiger charge is -2.45. The average Bonchev–Trinajstić information content (AvgIpc) is 2.84. The maximum atomic E-state index is 13.7. The van der Waals surface area contributed by atoms with Crippen LogP contribution in [0.4, 0.5) is 10.1 Å². The molecule has 0 aliphatic carbocycles. The number of rotatable bonds is 8. The van der Waals surface area contributed by atoms with Gasteiger partial charge in [-0.25, -0.2) is 4.39 Å². The van der Waals surface area contributed by atoms with Gasteiger partial charge in [0.1, 0.15) is 18.2 Å². The normalized spacial score (nSPS) is 18.5. The first-order chi connectivity index (χ1) is 16.4. The highest BCUT2D eigenvalue weighted by atomic mass is 35.5. The summed E-state index contributed by atoms with van der Waals surface area (Å²) >= 11 is 6.64. The number of piperazine rings is 1. The third kappa shape index (κ3) is 5.70. The fraction of sp³-hybridized carbons (Fsp3) is 0.333. The number of hydrogen-bond acceptors (Lipinski definition) is 5. The van der Waals surface area contributed by atoms with Gasteiger partial charge in [-0.05, 0) is 42.3 Å². The minimum atomic E-state index is -1.000. The Bertz CT molecular complexity index is 1080. The Morgan fingerprint density at radius 1 is 1.06 bits per heavy atom. The molecule has 0 bridgehead atoms. The zero-order valence-electron chi connectivity index (χ0n) is 19.2. The smallest absolute Gasteiger partial charge is 0.123 e. The molecule has 0 saturated carbocycles. The van der Waals surface area contributed by atoms with Crippen LogP contribution in [0.5, 0.6) is 5.75 Å². The molecule has 2 atom stereocenters. The SMILES string of the molecule is C[C@@](O)(CN1CCN(c2ccc(OCCO)cc2Cl)[C@H](c2ccc(F)cc2)C1)c1ccccc1. The van der Waals surface area contributed by atoms with Crippen molar-refractivity contribution >= 4 is 17.3 Å². The van der Waals surface area contributed by atoms with Crippen LogP contribution in [0.15, 0.2) is 72.8 Å². The van der Waals surface area contributed by atoms with E-state index in [9.17, 15) is 9.50 Å². The first kappa shape index (κ1) is 24.5. The number of hydrogen-bond donors (Lipinski definition) is 2. The molecule has 7 heteroatoms. The third-order valence-electron chi connectivity index (χ3n) is 6.24. The molecule has 0 aromatic heterocycles. The summed E-state index contributed by atoms with van der Waals surface area (Å²) in [7, 11) is 0. The Kier molecular flexibility index (Phi) is 7.73. The Balaban J connectivity index is 1.59. The highest BCUT2D eigenvalue weighted by molar-refractivity contribution is 6.33. The topological polar surface area (TPSA) is 56.2 Å². The van der Waals surface area contributed by atoms with E-state index < -0.39 is 5.60 Å². The van der Waals surface area contributed by atoms with Crippen molar-refractivity contribution in [2.75, 3.05) is 44.3 Å². The fourth-order valence-corrected chi connectivity index (χ4v) is 4.82. The van der Waals surface area contributed by atoms with Crippen molar-refractivity contribution in [1.82, 2.24) is 4.90 Å². The molecule has 1 heterocycles. The molecule has 5 nitrogen and oxygen atoms in total. The molecular formula is C27H30ClFN2O3. The van der Waals surface area contributed by atoms with E-state index in [1.54, 1.807) is 18.2 Å². The number of anilines is 1. The second kappa shape index (κ2) is 10.7. The summed E-state index contributed by atoms with van der Waals surface area (Å²) in [5.74, 6) is 0.317. The predicted molar refractivity (Wildman–Crippen MR) is 133 cm³/mol. The van der Waals surface area contributed by atoms with E-state index in [-0.39, 0.29) is 25.1 Å². The summed E-state index contributed by atoms with van der Waals surface area (Å²) in [5.41, 5.74) is 1.71. The van der Waals surface area contributed by atoms with Crippen LogP contribution in [-0.4, -0.2) is 54.5 Å². The summed E-state index contributed by atoms with van der Waals surface area (Å²) in [6.45, 7) is 4.51. The monoisotopic (exact) mass is 484 g/mol. The van der Waals surface area contributed by atoms with E-state index in [2.05, 4.69) is 9.80 Å². The number of benzene rings is 3. The van der Waals surface area contributed by atoms with E-state index in [4.69, 9.17) is 21.4 Å². The van der Waals surface area contributed by atoms with Gasteiger partial charge in [-0.2, -0.15) is 0 Å². The number of halogens is 2. The van der Waals surface area contributed by atoms with Gasteiger partial charge in [0.15, 0.2) is 0 Å². The van der Waals surface area contributed by atoms with Gasteiger partial charge < -0.3 is 19.8 Å². The Morgan fingerprint density at radius 2 is 1.79 bits per heavy atom. The van der Waals surface area contributed by atoms with Crippen molar-refractivity contribution in [3.63, 3.8) is 0 Å². The van der Waals surface area contributed by atoms with Crippen LogP contribution < -0.4 is 9.64 Å². The Morgan fingerprint density at radius 3 is 2.47 bits per heavy atom. The van der Waals surface area contributed by atoms with Crippen LogP contribution in [0.25, 0.3) is 0 Å². The molecule has 1 saturated heterocycles. The number of nitrogens with zero attached hydrogens (tertiary/aromatic N) is 2. The largest absolute Gasteiger partial charge is 0.491 e. The second-order valence-electron chi connectivity index (χ2n) is 8.82. The molecule has 0 radical (unpaired) electrons. The van der Waals surface area contributed by atoms with Crippen LogP contribution in [0.2, 0.25) is 5.02 Å². The first-order valence-electron chi connectivity index (χ1n) is 11.4. The summed E-state index contributed by atoms with van der Waals surface area (Å²) in [6.07, 6.45) is 0. The molecule has 2 N–H and O–H groups in total. The van der Waals surface area contributed by atoms with Crippen molar-refractivity contribution in [1.29, 1.82) is 0 Å². The molecule has 0 unspecified atom stereocenters. The van der Waals surface area contributed by atoms with Crippen LogP contribution >= 0.6 is 11.6 Å². The van der Waals surface area contributed by atoms with Gasteiger partial charge in [0, 0.05) is 32.2 Å². The number of β-amino-alcohol motifs (C(OH)–C–C–N with tert-alkyl or cyclic N) is 1. The van der Waals surface area contributed by atoms with E-state index in [0.717, 1.165) is 23.4 Å². The minimum Gasteiger partial charge on any atom is -0.491 e. The van der Waals surface area contributed by atoms with E-state index in [0.29, 0.717) is 30.4 Å². The number of aliphatic hydroxyl groups excluding tert-OH is 1. The molecule has 3 aromatic rings. The highest BCUT2D eigenvalue weighted by Gasteiger charge is 2.34. The molecule has 4 rings (SSSR count). The molecule has 1 aliphatic rings. The quantitative estimate of drug-likeness (QED) is 0.488. The van der Waals surface area contributed by atoms with E-state index >= 15 is 0 Å². The van der Waals surface area contributed by atoms with Crippen LogP contribution in [0.1, 0.15) is 24.1 Å². The van der Waals surface area contributed by atoms with Crippen molar-refractivity contribution in [2.24, 2.45) is 0 Å². The Hall–Kier alpha value is -2.64. The highest BCUT2D eigenvalue weighted by Crippen LogP contribution is 2.37. The van der Waals surface area contributed by atoms with Gasteiger partial charge in [0.05, 0.1) is 29.0 Å². The summed E-state index contributed by atoms with van der Waals surface area (Å²) in [4.78, 5) is 4.46. The van der Waals surface area contributed by atoms with E-state index in [1.165, 1.54) is 12.1 Å². The van der Waals surface area contributed by atoms with E-state index in [1.807, 2.05) is 49.4 Å². The van der Waals surface area contributed by atoms with Gasteiger partial charge in [-0.15, -0.1) is 0 Å². The standard InChI is InChI=1S/C27H30ClFN2O3/c1-27(33,21-5-3-2-4-6-21)19-30-13-14-31(26(18-30)20-7-9-22(29)10-8-20)25-12-11-23(17-24(25)28)34-16-15-32/h2-12,17,26,32-33H,13-16,18-19H2,1H3/t26-,27+/m0/s1. The first-order valence-corrected chi connectivity index (χ1v) is 11.8. The van der Waals surface area contributed by atoms with Crippen molar-refractivity contribution in [2.45, 2.75) is 18.6 Å². The van der Waals surface area contributed by atoms with Crippen LogP contribution in [0, 0.1) is 5.82 Å². The predicted octanol–water partition coefficient (Wildman–Crippen LogP) is 4.62. The van der Waals surface area contributed by atoms with Gasteiger partial charge in [0.25, 0.3) is 0 Å². The maximum absolute atomic E-state index is 13.7. The van der Waals surface area contributed by atoms with Crippen molar-refractivity contribution in [3.8, 4) is 5.75 Å². The lowest BCUT2D eigenvalue weighted by molar-refractivity contribution is 0.0103. The molecule has 3 aromatic carbocycles. The van der Waals surface area contributed by atoms with Gasteiger partial charge in [-0.1, -0.05) is 54.1 Å². The Labute approximate surface area is 205 Å². The second-order valence-corrected chi connectivity index (χ2v) is 9.23. The fourth-order valence-electron chi connectivity index (χ4n) is 4.54. The average molecular weight is 485 g/mol. The lowest BCUT2D eigenvalue weighted by atomic mass is 9.94. The summed E-state index contributed by atoms with van der Waals surface area (Å²) in [6, 6.07) is 21.7. The van der Waals surface area contributed by atoms with Crippen LogP contribution in [-0.2, 0) is 5.60 Å². The number of ether oxygens (including phenoxy) is 1. The molecular weight excluding hydrogens is 455 g/mol. The van der Waals surface area contributed by atoms with Crippen molar-refractivity contribution < 1.29 is 19.3 Å². The molecule has 0 spiro atoms. The zero-order valence-corrected chi connectivity index (χ0v) is 20.0. The van der Waals surface area contributed by atoms with Crippen LogP contribution in [0.3, 0.4) is 0 Å². The van der Waals surface area contributed by atoms with Gasteiger partial charge in [-0.3, -0.25) is 4.90 Å². The van der Waals surface area contributed by atoms with Gasteiger partial charge in [0.2, 0.25) is 0 Å².